The number of rotatable bonds is 5. The Kier molecular flexibility index (Phi) is 4.62. The molecule has 0 spiro atoms. The molecule has 4 rings (SSSR count). The Hall–Kier alpha value is -2.80. The molecule has 2 N–H and O–H groups in total. The smallest absolute Gasteiger partial charge is 0.227 e. The summed E-state index contributed by atoms with van der Waals surface area (Å²) in [7, 11) is 3.68. The molecule has 3 aromatic rings. The number of methoxy groups -OCH3 is 1. The Morgan fingerprint density at radius 1 is 1.27 bits per heavy atom. The van der Waals surface area contributed by atoms with Gasteiger partial charge in [-0.2, -0.15) is 0 Å². The predicted octanol–water partition coefficient (Wildman–Crippen LogP) is 1.38. The molecule has 1 aliphatic rings. The molecule has 0 aliphatic carbocycles. The maximum Gasteiger partial charge on any atom is 0.227 e. The molecule has 2 heterocycles. The summed E-state index contributed by atoms with van der Waals surface area (Å²) in [5, 5.41) is 7.52. The highest BCUT2D eigenvalue weighted by Gasteiger charge is 2.16. The van der Waals surface area contributed by atoms with Gasteiger partial charge in [0.25, 0.3) is 0 Å². The number of anilines is 2. The molecule has 0 radical (unpaired) electrons. The highest BCUT2D eigenvalue weighted by Crippen LogP contribution is 2.25. The number of hydrogen-bond acceptors (Lipinski definition) is 6. The summed E-state index contributed by atoms with van der Waals surface area (Å²) in [6.45, 7) is 1.90. The van der Waals surface area contributed by atoms with Crippen LogP contribution in [0.2, 0.25) is 0 Å². The van der Waals surface area contributed by atoms with Crippen molar-refractivity contribution in [3.63, 3.8) is 0 Å². The summed E-state index contributed by atoms with van der Waals surface area (Å²) in [5.74, 6) is 2.12. The standard InChI is InChI=1S/C19H21BN4O2/c1-25-17-8-13(20)7-12-10-22-19(24-18(12)17)23-14-3-2-4-15(9-14)26-16-5-6-21-11-16/h2-4,7-10,16,21H,5-6,11,20H2,1H3,(H,22,23,24)/t16-/m1/s1. The fourth-order valence-corrected chi connectivity index (χ4v) is 3.17. The molecule has 0 saturated carbocycles. The molecule has 1 atom stereocenters. The van der Waals surface area contributed by atoms with Gasteiger partial charge in [-0.15, -0.1) is 0 Å². The van der Waals surface area contributed by atoms with Gasteiger partial charge in [0, 0.05) is 29.9 Å². The van der Waals surface area contributed by atoms with E-state index in [1.54, 1.807) is 7.11 Å². The van der Waals surface area contributed by atoms with Crippen LogP contribution in [-0.4, -0.2) is 44.1 Å². The number of nitrogens with zero attached hydrogens (tertiary/aromatic N) is 2. The zero-order valence-corrected chi connectivity index (χ0v) is 15.0. The second-order valence-electron chi connectivity index (χ2n) is 6.48. The third-order valence-electron chi connectivity index (χ3n) is 4.42. The Bertz CT molecular complexity index is 929. The maximum absolute atomic E-state index is 6.01. The van der Waals surface area contributed by atoms with E-state index >= 15 is 0 Å². The van der Waals surface area contributed by atoms with Gasteiger partial charge in [-0.3, -0.25) is 0 Å². The van der Waals surface area contributed by atoms with Gasteiger partial charge in [-0.1, -0.05) is 17.6 Å². The third-order valence-corrected chi connectivity index (χ3v) is 4.42. The Morgan fingerprint density at radius 3 is 3.00 bits per heavy atom. The van der Waals surface area contributed by atoms with E-state index in [2.05, 4.69) is 20.6 Å². The van der Waals surface area contributed by atoms with Gasteiger partial charge >= 0.3 is 0 Å². The highest BCUT2D eigenvalue weighted by molar-refractivity contribution is 6.33. The first-order valence-corrected chi connectivity index (χ1v) is 8.77. The summed E-state index contributed by atoms with van der Waals surface area (Å²) in [6, 6.07) is 11.9. The molecule has 1 aliphatic heterocycles. The van der Waals surface area contributed by atoms with Gasteiger partial charge in [-0.25, -0.2) is 9.97 Å². The minimum atomic E-state index is 0.231. The van der Waals surface area contributed by atoms with E-state index in [1.807, 2.05) is 50.4 Å². The number of nitrogens with one attached hydrogen (secondary N) is 2. The first-order chi connectivity index (χ1) is 12.7. The normalized spacial score (nSPS) is 16.6. The molecular weight excluding hydrogens is 327 g/mol. The van der Waals surface area contributed by atoms with Crippen molar-refractivity contribution in [2.24, 2.45) is 0 Å². The zero-order valence-electron chi connectivity index (χ0n) is 15.0. The number of ether oxygens (including phenoxy) is 2. The van der Waals surface area contributed by atoms with Crippen LogP contribution in [0.1, 0.15) is 6.42 Å². The van der Waals surface area contributed by atoms with Crippen LogP contribution in [0.3, 0.4) is 0 Å². The van der Waals surface area contributed by atoms with Crippen molar-refractivity contribution in [3.05, 3.63) is 42.6 Å². The van der Waals surface area contributed by atoms with E-state index in [0.717, 1.165) is 53.1 Å². The first-order valence-electron chi connectivity index (χ1n) is 8.77. The van der Waals surface area contributed by atoms with E-state index in [9.17, 15) is 0 Å². The van der Waals surface area contributed by atoms with Crippen molar-refractivity contribution in [2.45, 2.75) is 12.5 Å². The van der Waals surface area contributed by atoms with Gasteiger partial charge in [0.1, 0.15) is 31.0 Å². The summed E-state index contributed by atoms with van der Waals surface area (Å²) in [4.78, 5) is 9.04. The SMILES string of the molecule is Bc1cc(OC)c2nc(Nc3cccc(O[C@@H]4CCNC4)c3)ncc2c1. The van der Waals surface area contributed by atoms with Gasteiger partial charge in [0.2, 0.25) is 5.95 Å². The largest absolute Gasteiger partial charge is 0.494 e. The maximum atomic E-state index is 6.01. The molecule has 1 aromatic heterocycles. The van der Waals surface area contributed by atoms with Gasteiger partial charge in [0.15, 0.2) is 0 Å². The average Bonchev–Trinajstić information content (AvgIpc) is 3.14. The van der Waals surface area contributed by atoms with Gasteiger partial charge in [0.05, 0.1) is 7.11 Å². The first kappa shape index (κ1) is 16.7. The number of hydrogen-bond donors (Lipinski definition) is 2. The molecule has 1 saturated heterocycles. The van der Waals surface area contributed by atoms with Crippen LogP contribution >= 0.6 is 0 Å². The monoisotopic (exact) mass is 348 g/mol. The molecule has 7 heteroatoms. The second-order valence-corrected chi connectivity index (χ2v) is 6.48. The molecule has 1 fully saturated rings. The summed E-state index contributed by atoms with van der Waals surface area (Å²) >= 11 is 0. The lowest BCUT2D eigenvalue weighted by Crippen LogP contribution is -2.19. The van der Waals surface area contributed by atoms with E-state index in [0.29, 0.717) is 5.95 Å². The third kappa shape index (κ3) is 3.58. The van der Waals surface area contributed by atoms with E-state index in [-0.39, 0.29) is 6.10 Å². The van der Waals surface area contributed by atoms with E-state index in [4.69, 9.17) is 9.47 Å². The minimum absolute atomic E-state index is 0.231. The molecule has 26 heavy (non-hydrogen) atoms. The summed E-state index contributed by atoms with van der Waals surface area (Å²) < 4.78 is 11.5. The van der Waals surface area contributed by atoms with Crippen molar-refractivity contribution < 1.29 is 9.47 Å². The minimum Gasteiger partial charge on any atom is -0.494 e. The van der Waals surface area contributed by atoms with Crippen molar-refractivity contribution in [2.75, 3.05) is 25.5 Å². The molecule has 0 bridgehead atoms. The molecule has 132 valence electrons. The summed E-state index contributed by atoms with van der Waals surface area (Å²) in [5.41, 5.74) is 2.80. The average molecular weight is 348 g/mol. The van der Waals surface area contributed by atoms with Crippen LogP contribution in [0.15, 0.2) is 42.6 Å². The lowest BCUT2D eigenvalue weighted by Gasteiger charge is -2.14. The Morgan fingerprint density at radius 2 is 2.19 bits per heavy atom. The number of fused-ring (bicyclic) bond motifs is 1. The predicted molar refractivity (Wildman–Crippen MR) is 106 cm³/mol. The van der Waals surface area contributed by atoms with Crippen molar-refractivity contribution in [1.82, 2.24) is 15.3 Å². The molecule has 0 amide bonds. The fraction of sp³-hybridized carbons (Fsp3) is 0.263. The molecular formula is C19H21BN4O2. The zero-order chi connectivity index (χ0) is 17.9. The molecule has 6 nitrogen and oxygen atoms in total. The van der Waals surface area contributed by atoms with Crippen LogP contribution in [0, 0.1) is 0 Å². The summed E-state index contributed by atoms with van der Waals surface area (Å²) in [6.07, 6.45) is 3.07. The lowest BCUT2D eigenvalue weighted by atomic mass is 9.94. The molecule has 2 aromatic carbocycles. The number of aromatic nitrogens is 2. The van der Waals surface area contributed by atoms with E-state index < -0.39 is 0 Å². The van der Waals surface area contributed by atoms with Crippen LogP contribution in [-0.2, 0) is 0 Å². The van der Waals surface area contributed by atoms with Crippen LogP contribution < -0.4 is 25.6 Å². The molecule has 0 unspecified atom stereocenters. The topological polar surface area (TPSA) is 68.3 Å². The van der Waals surface area contributed by atoms with E-state index in [1.165, 1.54) is 0 Å². The van der Waals surface area contributed by atoms with Crippen molar-refractivity contribution in [3.8, 4) is 11.5 Å². The van der Waals surface area contributed by atoms with Crippen LogP contribution in [0.4, 0.5) is 11.6 Å². The lowest BCUT2D eigenvalue weighted by molar-refractivity contribution is 0.223. The van der Waals surface area contributed by atoms with Crippen LogP contribution in [0.25, 0.3) is 10.9 Å². The number of benzene rings is 2. The Labute approximate surface area is 153 Å². The van der Waals surface area contributed by atoms with Crippen molar-refractivity contribution in [1.29, 1.82) is 0 Å². The Balaban J connectivity index is 1.57. The van der Waals surface area contributed by atoms with Crippen LogP contribution in [0.5, 0.6) is 11.5 Å². The second kappa shape index (κ2) is 7.21. The van der Waals surface area contributed by atoms with Gasteiger partial charge in [-0.05, 0) is 31.2 Å². The van der Waals surface area contributed by atoms with Crippen molar-refractivity contribution >= 4 is 35.8 Å². The van der Waals surface area contributed by atoms with Gasteiger partial charge < -0.3 is 20.1 Å². The highest BCUT2D eigenvalue weighted by atomic mass is 16.5. The quantitative estimate of drug-likeness (QED) is 0.679. The fourth-order valence-electron chi connectivity index (χ4n) is 3.17.